The molecule has 0 saturated heterocycles. The van der Waals surface area contributed by atoms with Crippen LogP contribution in [0.3, 0.4) is 0 Å². The van der Waals surface area contributed by atoms with E-state index in [1.54, 1.807) is 0 Å². The lowest BCUT2D eigenvalue weighted by Crippen LogP contribution is -2.55. The van der Waals surface area contributed by atoms with Crippen LogP contribution in [0.4, 0.5) is 26.3 Å². The molecule has 4 aliphatic carbocycles. The lowest BCUT2D eigenvalue weighted by Gasteiger charge is -2.43. The lowest BCUT2D eigenvalue weighted by molar-refractivity contribution is -0.347. The van der Waals surface area contributed by atoms with Crippen LogP contribution in [0, 0.1) is 16.7 Å². The molecule has 2 unspecified atom stereocenters. The topological polar surface area (TPSA) is 60.7 Å². The second kappa shape index (κ2) is 9.42. The van der Waals surface area contributed by atoms with Crippen molar-refractivity contribution in [1.82, 2.24) is 0 Å². The first-order valence-electron chi connectivity index (χ1n) is 12.7. The van der Waals surface area contributed by atoms with Gasteiger partial charge in [0.15, 0.2) is 0 Å². The Hall–Kier alpha value is -1.84. The zero-order valence-corrected chi connectivity index (χ0v) is 20.8. The molecule has 0 aromatic rings. The highest BCUT2D eigenvalue weighted by molar-refractivity contribution is 5.42. The first-order chi connectivity index (χ1) is 17.0. The summed E-state index contributed by atoms with van der Waals surface area (Å²) in [4.78, 5) is 0. The first-order valence-corrected chi connectivity index (χ1v) is 12.7. The Labute approximate surface area is 212 Å². The quantitative estimate of drug-likeness (QED) is 0.275. The van der Waals surface area contributed by atoms with E-state index in [0.29, 0.717) is 24.8 Å². The second-order valence-corrected chi connectivity index (χ2v) is 11.4. The van der Waals surface area contributed by atoms with Crippen LogP contribution in [0.5, 0.6) is 0 Å². The summed E-state index contributed by atoms with van der Waals surface area (Å²) in [7, 11) is 0. The van der Waals surface area contributed by atoms with E-state index in [2.05, 4.69) is 19.6 Å². The van der Waals surface area contributed by atoms with Crippen molar-refractivity contribution in [3.05, 3.63) is 59.3 Å². The van der Waals surface area contributed by atoms with Gasteiger partial charge < -0.3 is 15.3 Å². The van der Waals surface area contributed by atoms with E-state index >= 15 is 0 Å². The molecule has 3 N–H and O–H groups in total. The lowest BCUT2D eigenvalue weighted by atomic mass is 9.61. The van der Waals surface area contributed by atoms with Gasteiger partial charge in [-0.05, 0) is 85.3 Å². The van der Waals surface area contributed by atoms with Gasteiger partial charge >= 0.3 is 12.4 Å². The minimum absolute atomic E-state index is 0.00825. The second-order valence-electron chi connectivity index (χ2n) is 11.4. The average Bonchev–Trinajstić information content (AvgIpc) is 3.46. The zero-order valence-electron chi connectivity index (χ0n) is 20.8. The average molecular weight is 533 g/mol. The Bertz CT molecular complexity index is 1030. The third-order valence-electron chi connectivity index (χ3n) is 8.97. The highest BCUT2D eigenvalue weighted by Gasteiger charge is 2.69. The Balaban J connectivity index is 1.53. The highest BCUT2D eigenvalue weighted by atomic mass is 19.4. The van der Waals surface area contributed by atoms with Crippen molar-refractivity contribution >= 4 is 0 Å². The van der Waals surface area contributed by atoms with Gasteiger partial charge in [-0.2, -0.15) is 26.3 Å². The van der Waals surface area contributed by atoms with Gasteiger partial charge in [0.05, 0.1) is 12.2 Å². The molecule has 4 rings (SSSR count). The summed E-state index contributed by atoms with van der Waals surface area (Å²) in [6.07, 6.45) is -0.907. The number of hydrogen-bond donors (Lipinski definition) is 3. The van der Waals surface area contributed by atoms with Crippen LogP contribution in [0.15, 0.2) is 59.3 Å². The van der Waals surface area contributed by atoms with Gasteiger partial charge in [-0.15, -0.1) is 0 Å². The first kappa shape index (κ1) is 28.2. The van der Waals surface area contributed by atoms with E-state index in [4.69, 9.17) is 0 Å². The summed E-state index contributed by atoms with van der Waals surface area (Å²) in [6.45, 7) is 6.08. The van der Waals surface area contributed by atoms with Crippen LogP contribution in [0.25, 0.3) is 0 Å². The standard InChI is InChI=1S/C28H34F6O3/c1-17-19(15-20(35)16-22(17)36)7-6-18-5-3-10-24(2)21(18)8-9-23(24)25(13-14-25)11-4-12-26(37,27(29,30)31)28(32,33)34/h4,6-7,9,12,20-22,35-37H,1,3,5,8,10-11,13-16H2,2H3/b12-4+,18-6+,19-7-/t20-,21+,22?,24?/m1/s1. The van der Waals surface area contributed by atoms with Gasteiger partial charge in [0, 0.05) is 6.42 Å². The summed E-state index contributed by atoms with van der Waals surface area (Å²) >= 11 is 0. The Morgan fingerprint density at radius 2 is 1.70 bits per heavy atom. The van der Waals surface area contributed by atoms with Crippen molar-refractivity contribution < 1.29 is 41.7 Å². The molecule has 206 valence electrons. The van der Waals surface area contributed by atoms with Gasteiger partial charge in [0.2, 0.25) is 0 Å². The van der Waals surface area contributed by atoms with Crippen LogP contribution in [0.2, 0.25) is 0 Å². The maximum Gasteiger partial charge on any atom is 0.429 e. The third-order valence-corrected chi connectivity index (χ3v) is 8.97. The van der Waals surface area contributed by atoms with E-state index in [9.17, 15) is 41.7 Å². The van der Waals surface area contributed by atoms with E-state index in [0.717, 1.165) is 42.9 Å². The van der Waals surface area contributed by atoms with Gasteiger partial charge in [-0.25, -0.2) is 0 Å². The van der Waals surface area contributed by atoms with Gasteiger partial charge in [0.25, 0.3) is 5.60 Å². The third kappa shape index (κ3) is 4.99. The Kier molecular flexibility index (Phi) is 7.17. The normalized spacial score (nSPS) is 34.8. The fourth-order valence-corrected chi connectivity index (χ4v) is 6.65. The van der Waals surface area contributed by atoms with Crippen LogP contribution in [-0.4, -0.2) is 45.5 Å². The molecule has 3 nitrogen and oxygen atoms in total. The number of aliphatic hydroxyl groups is 3. The molecule has 37 heavy (non-hydrogen) atoms. The fourth-order valence-electron chi connectivity index (χ4n) is 6.65. The summed E-state index contributed by atoms with van der Waals surface area (Å²) in [5, 5.41) is 29.6. The van der Waals surface area contributed by atoms with E-state index in [1.165, 1.54) is 5.57 Å². The Morgan fingerprint density at radius 3 is 2.30 bits per heavy atom. The largest absolute Gasteiger partial charge is 0.429 e. The minimum Gasteiger partial charge on any atom is -0.393 e. The van der Waals surface area contributed by atoms with E-state index in [-0.39, 0.29) is 30.3 Å². The Morgan fingerprint density at radius 1 is 1.05 bits per heavy atom. The van der Waals surface area contributed by atoms with Crippen LogP contribution in [0.1, 0.15) is 64.7 Å². The molecule has 0 amide bonds. The predicted molar refractivity (Wildman–Crippen MR) is 127 cm³/mol. The fraction of sp³-hybridized carbons (Fsp3) is 0.643. The van der Waals surface area contributed by atoms with Crippen LogP contribution >= 0.6 is 0 Å². The van der Waals surface area contributed by atoms with E-state index in [1.807, 2.05) is 12.2 Å². The van der Waals surface area contributed by atoms with Crippen molar-refractivity contribution in [1.29, 1.82) is 0 Å². The van der Waals surface area contributed by atoms with Gasteiger partial charge in [-0.3, -0.25) is 0 Å². The smallest absolute Gasteiger partial charge is 0.393 e. The van der Waals surface area contributed by atoms with Crippen molar-refractivity contribution in [2.45, 2.75) is 94.9 Å². The zero-order chi connectivity index (χ0) is 27.4. The number of rotatable bonds is 5. The number of alkyl halides is 6. The molecular weight excluding hydrogens is 498 g/mol. The summed E-state index contributed by atoms with van der Waals surface area (Å²) in [5.41, 5.74) is -1.88. The molecule has 0 aromatic carbocycles. The summed E-state index contributed by atoms with van der Waals surface area (Å²) < 4.78 is 78.4. The molecule has 0 aliphatic heterocycles. The number of hydrogen-bond acceptors (Lipinski definition) is 3. The number of fused-ring (bicyclic) bond motifs is 1. The molecule has 0 radical (unpaired) electrons. The molecule has 0 aromatic heterocycles. The van der Waals surface area contributed by atoms with Gasteiger partial charge in [-0.1, -0.05) is 49.0 Å². The van der Waals surface area contributed by atoms with Gasteiger partial charge in [0.1, 0.15) is 0 Å². The van der Waals surface area contributed by atoms with Crippen LogP contribution in [-0.2, 0) is 0 Å². The number of halogens is 6. The SMILES string of the molecule is C=C1/C(=C\C=C2/CCCC3(C)C(C4(C/C=C/C(O)(C(F)(F)F)C(F)(F)F)CC4)=CC[C@@H]23)C[C@@H](O)CC1O. The molecule has 0 spiro atoms. The number of allylic oxidation sites excluding steroid dienone is 6. The molecule has 3 fully saturated rings. The molecular formula is C28H34F6O3. The van der Waals surface area contributed by atoms with Crippen molar-refractivity contribution in [2.75, 3.05) is 0 Å². The predicted octanol–water partition coefficient (Wildman–Crippen LogP) is 6.63. The molecule has 0 heterocycles. The molecule has 9 heteroatoms. The van der Waals surface area contributed by atoms with Crippen LogP contribution < -0.4 is 0 Å². The summed E-state index contributed by atoms with van der Waals surface area (Å²) in [5.74, 6) is 0.170. The molecule has 4 aliphatic rings. The minimum atomic E-state index is -5.87. The highest BCUT2D eigenvalue weighted by Crippen LogP contribution is 2.67. The molecule has 4 atom stereocenters. The monoisotopic (exact) mass is 532 g/mol. The summed E-state index contributed by atoms with van der Waals surface area (Å²) in [6, 6.07) is 0. The maximum absolute atomic E-state index is 13.1. The molecule has 3 saturated carbocycles. The molecule has 0 bridgehead atoms. The van der Waals surface area contributed by atoms with Crippen molar-refractivity contribution in [3.8, 4) is 0 Å². The van der Waals surface area contributed by atoms with Crippen molar-refractivity contribution in [2.24, 2.45) is 16.7 Å². The van der Waals surface area contributed by atoms with Crippen molar-refractivity contribution in [3.63, 3.8) is 0 Å². The van der Waals surface area contributed by atoms with E-state index < -0.39 is 35.6 Å². The maximum atomic E-state index is 13.1. The number of aliphatic hydroxyl groups excluding tert-OH is 2.